The van der Waals surface area contributed by atoms with Gasteiger partial charge in [0.1, 0.15) is 0 Å². The molecule has 1 unspecified atom stereocenters. The molecular weight excluding hydrogens is 244 g/mol. The number of halogens is 1. The highest BCUT2D eigenvalue weighted by atomic mass is 35.5. The molecule has 0 spiro atoms. The molecule has 1 aromatic rings. The van der Waals surface area contributed by atoms with E-state index in [0.29, 0.717) is 0 Å². The van der Waals surface area contributed by atoms with Crippen LogP contribution in [-0.2, 0) is 6.42 Å². The minimum Gasteiger partial charge on any atom is -0.314 e. The molecule has 1 aliphatic rings. The van der Waals surface area contributed by atoms with E-state index in [9.17, 15) is 0 Å². The maximum atomic E-state index is 5.88. The number of rotatable bonds is 6. The van der Waals surface area contributed by atoms with Crippen LogP contribution in [0.25, 0.3) is 0 Å². The lowest BCUT2D eigenvalue weighted by atomic mass is 10.1. The topological polar surface area (TPSA) is 15.3 Å². The molecule has 2 nitrogen and oxygen atoms in total. The Kier molecular flexibility index (Phi) is 5.48. The van der Waals surface area contributed by atoms with Gasteiger partial charge in [-0.3, -0.25) is 0 Å². The van der Waals surface area contributed by atoms with Gasteiger partial charge in [-0.15, -0.1) is 0 Å². The molecular formula is C15H23ClN2. The summed E-state index contributed by atoms with van der Waals surface area (Å²) in [7, 11) is 2.21. The van der Waals surface area contributed by atoms with E-state index >= 15 is 0 Å². The van der Waals surface area contributed by atoms with E-state index in [1.54, 1.807) is 0 Å². The van der Waals surface area contributed by atoms with Gasteiger partial charge in [-0.05, 0) is 63.5 Å². The van der Waals surface area contributed by atoms with Crippen molar-refractivity contribution in [3.05, 3.63) is 34.9 Å². The normalized spacial score (nSPS) is 19.6. The van der Waals surface area contributed by atoms with Crippen LogP contribution < -0.4 is 5.32 Å². The fourth-order valence-corrected chi connectivity index (χ4v) is 2.59. The smallest absolute Gasteiger partial charge is 0.0406 e. The summed E-state index contributed by atoms with van der Waals surface area (Å²) in [6, 6.07) is 8.94. The molecule has 1 atom stereocenters. The zero-order valence-electron chi connectivity index (χ0n) is 11.2. The maximum Gasteiger partial charge on any atom is 0.0406 e. The van der Waals surface area contributed by atoms with Crippen LogP contribution in [0.3, 0.4) is 0 Å². The third-order valence-electron chi connectivity index (χ3n) is 3.72. The largest absolute Gasteiger partial charge is 0.314 e. The monoisotopic (exact) mass is 266 g/mol. The SMILES string of the molecule is CN(CCc1ccc(Cl)cc1)CCC1CCCN1. The maximum absolute atomic E-state index is 5.88. The zero-order valence-corrected chi connectivity index (χ0v) is 11.9. The Balaban J connectivity index is 1.64. The van der Waals surface area contributed by atoms with Crippen molar-refractivity contribution < 1.29 is 0 Å². The van der Waals surface area contributed by atoms with Gasteiger partial charge < -0.3 is 10.2 Å². The van der Waals surface area contributed by atoms with Crippen molar-refractivity contribution in [3.63, 3.8) is 0 Å². The lowest BCUT2D eigenvalue weighted by Gasteiger charge is -2.19. The quantitative estimate of drug-likeness (QED) is 0.852. The van der Waals surface area contributed by atoms with Crippen LogP contribution in [0.1, 0.15) is 24.8 Å². The third kappa shape index (κ3) is 4.60. The molecule has 1 aliphatic heterocycles. The van der Waals surface area contributed by atoms with Crippen LogP contribution >= 0.6 is 11.6 Å². The molecule has 0 saturated carbocycles. The molecule has 1 heterocycles. The average molecular weight is 267 g/mol. The summed E-state index contributed by atoms with van der Waals surface area (Å²) >= 11 is 5.88. The first-order valence-electron chi connectivity index (χ1n) is 6.90. The van der Waals surface area contributed by atoms with Gasteiger partial charge >= 0.3 is 0 Å². The molecule has 1 N–H and O–H groups in total. The molecule has 0 aromatic heterocycles. The van der Waals surface area contributed by atoms with Crippen LogP contribution in [0.15, 0.2) is 24.3 Å². The van der Waals surface area contributed by atoms with E-state index in [2.05, 4.69) is 29.4 Å². The predicted molar refractivity (Wildman–Crippen MR) is 78.3 cm³/mol. The first kappa shape index (κ1) is 13.9. The molecule has 18 heavy (non-hydrogen) atoms. The predicted octanol–water partition coefficient (Wildman–Crippen LogP) is 2.96. The van der Waals surface area contributed by atoms with Gasteiger partial charge in [-0.2, -0.15) is 0 Å². The second-order valence-electron chi connectivity index (χ2n) is 5.26. The van der Waals surface area contributed by atoms with Gasteiger partial charge in [0.15, 0.2) is 0 Å². The van der Waals surface area contributed by atoms with Crippen molar-refractivity contribution in [2.24, 2.45) is 0 Å². The highest BCUT2D eigenvalue weighted by molar-refractivity contribution is 6.30. The molecule has 1 fully saturated rings. The van der Waals surface area contributed by atoms with Crippen LogP contribution in [-0.4, -0.2) is 37.6 Å². The summed E-state index contributed by atoms with van der Waals surface area (Å²) in [5.41, 5.74) is 1.37. The third-order valence-corrected chi connectivity index (χ3v) is 3.97. The van der Waals surface area contributed by atoms with E-state index in [-0.39, 0.29) is 0 Å². The second-order valence-corrected chi connectivity index (χ2v) is 5.70. The minimum atomic E-state index is 0.753. The Hall–Kier alpha value is -0.570. The van der Waals surface area contributed by atoms with Gasteiger partial charge in [-0.25, -0.2) is 0 Å². The first-order chi connectivity index (χ1) is 8.74. The minimum absolute atomic E-state index is 0.753. The Labute approximate surface area is 115 Å². The van der Waals surface area contributed by atoms with Crippen LogP contribution in [0.2, 0.25) is 5.02 Å². The summed E-state index contributed by atoms with van der Waals surface area (Å²) in [5, 5.41) is 4.37. The van der Waals surface area contributed by atoms with E-state index < -0.39 is 0 Å². The Morgan fingerprint density at radius 1 is 1.28 bits per heavy atom. The molecule has 0 amide bonds. The zero-order chi connectivity index (χ0) is 12.8. The van der Waals surface area contributed by atoms with Gasteiger partial charge in [0.05, 0.1) is 0 Å². The summed E-state index contributed by atoms with van der Waals surface area (Å²) in [6.07, 6.45) is 5.08. The van der Waals surface area contributed by atoms with Gasteiger partial charge in [0.2, 0.25) is 0 Å². The van der Waals surface area contributed by atoms with E-state index in [0.717, 1.165) is 24.0 Å². The van der Waals surface area contributed by atoms with Crippen LogP contribution in [0.4, 0.5) is 0 Å². The van der Waals surface area contributed by atoms with E-state index in [1.165, 1.54) is 37.9 Å². The van der Waals surface area contributed by atoms with Gasteiger partial charge in [0.25, 0.3) is 0 Å². The lowest BCUT2D eigenvalue weighted by molar-refractivity contribution is 0.316. The van der Waals surface area contributed by atoms with Crippen LogP contribution in [0, 0.1) is 0 Å². The fraction of sp³-hybridized carbons (Fsp3) is 0.600. The molecule has 0 aliphatic carbocycles. The Morgan fingerprint density at radius 3 is 2.72 bits per heavy atom. The highest BCUT2D eigenvalue weighted by Crippen LogP contribution is 2.11. The molecule has 1 saturated heterocycles. The molecule has 3 heteroatoms. The van der Waals surface area contributed by atoms with Gasteiger partial charge in [-0.1, -0.05) is 23.7 Å². The van der Waals surface area contributed by atoms with Crippen molar-refractivity contribution in [3.8, 4) is 0 Å². The number of hydrogen-bond acceptors (Lipinski definition) is 2. The standard InChI is InChI=1S/C15H23ClN2/c1-18(12-9-15-3-2-10-17-15)11-8-13-4-6-14(16)7-5-13/h4-7,15,17H,2-3,8-12H2,1H3. The molecule has 0 bridgehead atoms. The second kappa shape index (κ2) is 7.13. The van der Waals surface area contributed by atoms with Crippen molar-refractivity contribution in [1.82, 2.24) is 10.2 Å². The highest BCUT2D eigenvalue weighted by Gasteiger charge is 2.13. The number of hydrogen-bond donors (Lipinski definition) is 1. The van der Waals surface area contributed by atoms with Crippen LogP contribution in [0.5, 0.6) is 0 Å². The summed E-state index contributed by atoms with van der Waals surface area (Å²) in [6.45, 7) is 3.51. The molecule has 0 radical (unpaired) electrons. The summed E-state index contributed by atoms with van der Waals surface area (Å²) < 4.78 is 0. The van der Waals surface area contributed by atoms with Crippen molar-refractivity contribution in [1.29, 1.82) is 0 Å². The summed E-state index contributed by atoms with van der Waals surface area (Å²) in [4.78, 5) is 2.43. The number of benzene rings is 1. The Bertz CT molecular complexity index is 344. The lowest BCUT2D eigenvalue weighted by Crippen LogP contribution is -2.29. The molecule has 2 rings (SSSR count). The molecule has 1 aromatic carbocycles. The Morgan fingerprint density at radius 2 is 2.06 bits per heavy atom. The van der Waals surface area contributed by atoms with Crippen molar-refractivity contribution in [2.75, 3.05) is 26.7 Å². The number of likely N-dealkylation sites (N-methyl/N-ethyl adjacent to an activating group) is 1. The summed E-state index contributed by atoms with van der Waals surface area (Å²) in [5.74, 6) is 0. The first-order valence-corrected chi connectivity index (χ1v) is 7.28. The fourth-order valence-electron chi connectivity index (χ4n) is 2.46. The number of nitrogens with one attached hydrogen (secondary N) is 1. The molecule has 100 valence electrons. The number of nitrogens with zero attached hydrogens (tertiary/aromatic N) is 1. The van der Waals surface area contributed by atoms with Crippen molar-refractivity contribution in [2.45, 2.75) is 31.7 Å². The van der Waals surface area contributed by atoms with Gasteiger partial charge in [0, 0.05) is 17.6 Å². The van der Waals surface area contributed by atoms with E-state index in [1.807, 2.05) is 12.1 Å². The van der Waals surface area contributed by atoms with Crippen molar-refractivity contribution >= 4 is 11.6 Å². The average Bonchev–Trinajstić information content (AvgIpc) is 2.89. The van der Waals surface area contributed by atoms with E-state index in [4.69, 9.17) is 11.6 Å².